The second-order valence-corrected chi connectivity index (χ2v) is 1.56. The molecule has 1 saturated heterocycles. The van der Waals surface area contributed by atoms with Crippen molar-refractivity contribution in [1.29, 1.82) is 0 Å². The number of rotatable bonds is 2. The highest BCUT2D eigenvalue weighted by Crippen LogP contribution is 2.25. The van der Waals surface area contributed by atoms with Gasteiger partial charge in [0.25, 0.3) is 0 Å². The van der Waals surface area contributed by atoms with Crippen LogP contribution in [0.15, 0.2) is 0 Å². The molecule has 1 aliphatic rings. The molecule has 1 aliphatic heterocycles. The summed E-state index contributed by atoms with van der Waals surface area (Å²) in [5, 5.41) is 8.41. The third-order valence-electron chi connectivity index (χ3n) is 1.08. The fourth-order valence-electron chi connectivity index (χ4n) is 0.354. The van der Waals surface area contributed by atoms with Gasteiger partial charge in [-0.2, -0.15) is 0 Å². The summed E-state index contributed by atoms with van der Waals surface area (Å²) in [6.45, 7) is 0.490. The Kier molecular flexibility index (Phi) is 1.03. The Hall–Kier alpha value is -0.120. The van der Waals surface area contributed by atoms with Crippen molar-refractivity contribution >= 4 is 0 Å². The molecule has 3 nitrogen and oxygen atoms in total. The lowest BCUT2D eigenvalue weighted by molar-refractivity contribution is -0.0481. The van der Waals surface area contributed by atoms with Gasteiger partial charge in [-0.3, -0.25) is 0 Å². The molecule has 3 heteroatoms. The Bertz CT molecular complexity index is 61.3. The van der Waals surface area contributed by atoms with Gasteiger partial charge < -0.3 is 14.6 Å². The van der Waals surface area contributed by atoms with Gasteiger partial charge in [0.05, 0.1) is 6.61 Å². The maximum Gasteiger partial charge on any atom is 0.215 e. The molecule has 1 rings (SSSR count). The van der Waals surface area contributed by atoms with Crippen molar-refractivity contribution in [3.05, 3.63) is 0 Å². The zero-order valence-corrected chi connectivity index (χ0v) is 4.18. The van der Waals surface area contributed by atoms with Crippen molar-refractivity contribution in [2.75, 3.05) is 20.3 Å². The average molecular weight is 104 g/mol. The first-order valence-corrected chi connectivity index (χ1v) is 2.13. The maximum atomic E-state index is 8.41. The van der Waals surface area contributed by atoms with Crippen LogP contribution in [0, 0.1) is 0 Å². The molecule has 0 aromatic rings. The summed E-state index contributed by atoms with van der Waals surface area (Å²) in [5.41, 5.74) is 0. The van der Waals surface area contributed by atoms with Gasteiger partial charge in [-0.05, 0) is 0 Å². The van der Waals surface area contributed by atoms with Crippen molar-refractivity contribution in [3.8, 4) is 0 Å². The summed E-state index contributed by atoms with van der Waals surface area (Å²) in [6.07, 6.45) is 0. The Balaban J connectivity index is 2.28. The number of hydrogen-bond donors (Lipinski definition) is 1. The third kappa shape index (κ3) is 0.748. The fraction of sp³-hybridized carbons (Fsp3) is 1.00. The van der Waals surface area contributed by atoms with E-state index >= 15 is 0 Å². The number of epoxide rings is 1. The molecule has 0 aromatic heterocycles. The van der Waals surface area contributed by atoms with Gasteiger partial charge in [0.1, 0.15) is 6.61 Å². The summed E-state index contributed by atoms with van der Waals surface area (Å²) in [7, 11) is 1.52. The molecule has 0 aromatic carbocycles. The second-order valence-electron chi connectivity index (χ2n) is 1.56. The second kappa shape index (κ2) is 1.43. The van der Waals surface area contributed by atoms with E-state index in [-0.39, 0.29) is 6.61 Å². The lowest BCUT2D eigenvalue weighted by Crippen LogP contribution is -2.18. The summed E-state index contributed by atoms with van der Waals surface area (Å²) in [5.74, 6) is -0.611. The standard InChI is InChI=1S/C4H8O3/c1-6-4(2-5)3-7-4/h5H,2-3H2,1H3/t4-/m1/s1. The number of hydrogen-bond acceptors (Lipinski definition) is 3. The Labute approximate surface area is 41.8 Å². The van der Waals surface area contributed by atoms with E-state index in [9.17, 15) is 0 Å². The highest BCUT2D eigenvalue weighted by Gasteiger charge is 2.44. The number of aliphatic hydroxyl groups is 1. The molecule has 7 heavy (non-hydrogen) atoms. The van der Waals surface area contributed by atoms with Gasteiger partial charge in [0, 0.05) is 7.11 Å². The summed E-state index contributed by atoms with van der Waals surface area (Å²) < 4.78 is 9.45. The minimum atomic E-state index is -0.611. The van der Waals surface area contributed by atoms with E-state index in [4.69, 9.17) is 14.6 Å². The molecule has 1 atom stereocenters. The van der Waals surface area contributed by atoms with Crippen LogP contribution in [-0.4, -0.2) is 31.2 Å². The van der Waals surface area contributed by atoms with Crippen LogP contribution in [0.4, 0.5) is 0 Å². The molecular formula is C4H8O3. The smallest absolute Gasteiger partial charge is 0.215 e. The van der Waals surface area contributed by atoms with E-state index in [2.05, 4.69) is 0 Å². The number of ether oxygens (including phenoxy) is 2. The van der Waals surface area contributed by atoms with Gasteiger partial charge in [-0.15, -0.1) is 0 Å². The van der Waals surface area contributed by atoms with E-state index in [0.717, 1.165) is 0 Å². The van der Waals surface area contributed by atoms with Crippen LogP contribution in [-0.2, 0) is 9.47 Å². The van der Waals surface area contributed by atoms with Crippen molar-refractivity contribution in [3.63, 3.8) is 0 Å². The van der Waals surface area contributed by atoms with Crippen LogP contribution >= 0.6 is 0 Å². The molecule has 42 valence electrons. The molecule has 0 radical (unpaired) electrons. The van der Waals surface area contributed by atoms with Gasteiger partial charge in [0.2, 0.25) is 5.79 Å². The molecule has 0 aliphatic carbocycles. The van der Waals surface area contributed by atoms with Crippen molar-refractivity contribution in [2.45, 2.75) is 5.79 Å². The molecule has 0 bridgehead atoms. The van der Waals surface area contributed by atoms with Crippen LogP contribution in [0.1, 0.15) is 0 Å². The first-order chi connectivity index (χ1) is 3.33. The minimum Gasteiger partial charge on any atom is -0.391 e. The normalized spacial score (nSPS) is 38.6. The SMILES string of the molecule is CO[C@@]1(CO)CO1. The van der Waals surface area contributed by atoms with E-state index in [1.165, 1.54) is 7.11 Å². The van der Waals surface area contributed by atoms with Crippen molar-refractivity contribution < 1.29 is 14.6 Å². The number of methoxy groups -OCH3 is 1. The predicted octanol–water partition coefficient (Wildman–Crippen LogP) is -0.648. The molecule has 0 amide bonds. The average Bonchev–Trinajstić information content (AvgIpc) is 2.46. The molecule has 1 heterocycles. The Morgan fingerprint density at radius 3 is 2.57 bits per heavy atom. The fourth-order valence-corrected chi connectivity index (χ4v) is 0.354. The highest BCUT2D eigenvalue weighted by molar-refractivity contribution is 4.79. The highest BCUT2D eigenvalue weighted by atomic mass is 16.8. The van der Waals surface area contributed by atoms with E-state index in [1.807, 2.05) is 0 Å². The molecule has 0 saturated carbocycles. The van der Waals surface area contributed by atoms with Gasteiger partial charge in [-0.1, -0.05) is 0 Å². The third-order valence-corrected chi connectivity index (χ3v) is 1.08. The predicted molar refractivity (Wildman–Crippen MR) is 22.8 cm³/mol. The molecule has 1 N–H and O–H groups in total. The lowest BCUT2D eigenvalue weighted by atomic mass is 10.4. The lowest BCUT2D eigenvalue weighted by Gasteiger charge is -2.01. The first kappa shape index (κ1) is 5.03. The largest absolute Gasteiger partial charge is 0.391 e. The topological polar surface area (TPSA) is 42.0 Å². The van der Waals surface area contributed by atoms with E-state index in [0.29, 0.717) is 6.61 Å². The van der Waals surface area contributed by atoms with E-state index in [1.54, 1.807) is 0 Å². The Morgan fingerprint density at radius 1 is 2.00 bits per heavy atom. The zero-order chi connectivity index (χ0) is 5.33. The molecular weight excluding hydrogens is 96.0 g/mol. The van der Waals surface area contributed by atoms with Gasteiger partial charge in [-0.25, -0.2) is 0 Å². The first-order valence-electron chi connectivity index (χ1n) is 2.13. The summed E-state index contributed by atoms with van der Waals surface area (Å²) in [4.78, 5) is 0. The van der Waals surface area contributed by atoms with Crippen molar-refractivity contribution in [2.24, 2.45) is 0 Å². The van der Waals surface area contributed by atoms with Crippen molar-refractivity contribution in [1.82, 2.24) is 0 Å². The number of aliphatic hydroxyl groups excluding tert-OH is 1. The summed E-state index contributed by atoms with van der Waals surface area (Å²) in [6, 6.07) is 0. The molecule has 1 fully saturated rings. The minimum absolute atomic E-state index is 0.0382. The Morgan fingerprint density at radius 2 is 2.57 bits per heavy atom. The van der Waals surface area contributed by atoms with Crippen LogP contribution in [0.25, 0.3) is 0 Å². The molecule has 0 spiro atoms. The van der Waals surface area contributed by atoms with Crippen LogP contribution in [0.5, 0.6) is 0 Å². The zero-order valence-electron chi connectivity index (χ0n) is 4.18. The summed E-state index contributed by atoms with van der Waals surface area (Å²) >= 11 is 0. The quantitative estimate of drug-likeness (QED) is 0.473. The van der Waals surface area contributed by atoms with Gasteiger partial charge in [0.15, 0.2) is 0 Å². The van der Waals surface area contributed by atoms with Crippen LogP contribution < -0.4 is 0 Å². The monoisotopic (exact) mass is 104 g/mol. The van der Waals surface area contributed by atoms with Crippen LogP contribution in [0.2, 0.25) is 0 Å². The maximum absolute atomic E-state index is 8.41. The van der Waals surface area contributed by atoms with Crippen LogP contribution in [0.3, 0.4) is 0 Å². The van der Waals surface area contributed by atoms with E-state index < -0.39 is 5.79 Å². The molecule has 0 unspecified atom stereocenters. The van der Waals surface area contributed by atoms with Gasteiger partial charge >= 0.3 is 0 Å².